The van der Waals surface area contributed by atoms with Gasteiger partial charge in [-0.2, -0.15) is 4.98 Å². The number of methoxy groups -OCH3 is 1. The van der Waals surface area contributed by atoms with Crippen LogP contribution in [0.25, 0.3) is 11.6 Å². The van der Waals surface area contributed by atoms with Crippen LogP contribution >= 0.6 is 0 Å². The number of aromatic nitrogens is 2. The van der Waals surface area contributed by atoms with E-state index in [4.69, 9.17) is 13.7 Å². The van der Waals surface area contributed by atoms with Crippen LogP contribution in [0.1, 0.15) is 25.2 Å². The van der Waals surface area contributed by atoms with E-state index in [9.17, 15) is 4.79 Å². The van der Waals surface area contributed by atoms with Gasteiger partial charge in [0.2, 0.25) is 11.7 Å². The van der Waals surface area contributed by atoms with Gasteiger partial charge in [-0.3, -0.25) is 9.69 Å². The van der Waals surface area contributed by atoms with Crippen molar-refractivity contribution in [2.45, 2.75) is 31.8 Å². The second-order valence-corrected chi connectivity index (χ2v) is 4.99. The van der Waals surface area contributed by atoms with Crippen LogP contribution in [-0.4, -0.2) is 40.7 Å². The van der Waals surface area contributed by atoms with Gasteiger partial charge in [0.15, 0.2) is 5.76 Å². The first-order valence-corrected chi connectivity index (χ1v) is 6.96. The molecule has 7 heteroatoms. The number of hydrogen-bond donors (Lipinski definition) is 0. The molecule has 2 aromatic heterocycles. The number of carbonyl (C=O) groups is 1. The highest BCUT2D eigenvalue weighted by molar-refractivity contribution is 5.75. The molecule has 1 aliphatic heterocycles. The van der Waals surface area contributed by atoms with Gasteiger partial charge < -0.3 is 13.7 Å². The van der Waals surface area contributed by atoms with E-state index in [0.29, 0.717) is 24.0 Å². The summed E-state index contributed by atoms with van der Waals surface area (Å²) in [6.07, 6.45) is 4.43. The molecule has 112 valence electrons. The van der Waals surface area contributed by atoms with Crippen LogP contribution in [0.4, 0.5) is 0 Å². The molecule has 0 saturated carbocycles. The van der Waals surface area contributed by atoms with E-state index in [2.05, 4.69) is 10.1 Å². The number of piperidine rings is 1. The van der Waals surface area contributed by atoms with Crippen molar-refractivity contribution in [2.75, 3.05) is 13.7 Å². The number of carbonyl (C=O) groups excluding carboxylic acids is 1. The van der Waals surface area contributed by atoms with E-state index >= 15 is 0 Å². The minimum absolute atomic E-state index is 0.208. The normalized spacial score (nSPS) is 19.6. The Morgan fingerprint density at radius 1 is 1.52 bits per heavy atom. The number of esters is 1. The van der Waals surface area contributed by atoms with Crippen molar-refractivity contribution in [3.63, 3.8) is 0 Å². The Morgan fingerprint density at radius 2 is 2.43 bits per heavy atom. The van der Waals surface area contributed by atoms with E-state index < -0.39 is 0 Å². The molecule has 0 spiro atoms. The molecule has 1 saturated heterocycles. The maximum atomic E-state index is 11.8. The standard InChI is InChI=1S/C14H17N3O4/c1-19-14(18)10-5-2-3-7-17(10)9-12-15-13(16-21-12)11-6-4-8-20-11/h4,6,8,10H,2-3,5,7,9H2,1H3/t10-/m1/s1. The summed E-state index contributed by atoms with van der Waals surface area (Å²) in [6, 6.07) is 3.30. The predicted molar refractivity (Wildman–Crippen MR) is 72.1 cm³/mol. The van der Waals surface area contributed by atoms with Crippen molar-refractivity contribution in [3.8, 4) is 11.6 Å². The maximum absolute atomic E-state index is 11.8. The number of rotatable bonds is 4. The third-order valence-electron chi connectivity index (χ3n) is 3.63. The molecule has 3 heterocycles. The Labute approximate surface area is 121 Å². The lowest BCUT2D eigenvalue weighted by atomic mass is 10.0. The average molecular weight is 291 g/mol. The summed E-state index contributed by atoms with van der Waals surface area (Å²) in [5.74, 6) is 1.24. The Kier molecular flexibility index (Phi) is 4.01. The van der Waals surface area contributed by atoms with Gasteiger partial charge in [0.05, 0.1) is 19.9 Å². The highest BCUT2D eigenvalue weighted by Crippen LogP contribution is 2.21. The monoisotopic (exact) mass is 291 g/mol. The van der Waals surface area contributed by atoms with Crippen molar-refractivity contribution in [3.05, 3.63) is 24.3 Å². The summed E-state index contributed by atoms with van der Waals surface area (Å²) < 4.78 is 15.3. The molecule has 1 aliphatic rings. The van der Waals surface area contributed by atoms with Gasteiger partial charge >= 0.3 is 5.97 Å². The fourth-order valence-electron chi connectivity index (χ4n) is 2.58. The lowest BCUT2D eigenvalue weighted by molar-refractivity contribution is -0.148. The number of furan rings is 1. The van der Waals surface area contributed by atoms with Crippen LogP contribution in [0.3, 0.4) is 0 Å². The van der Waals surface area contributed by atoms with Gasteiger partial charge in [0.1, 0.15) is 6.04 Å². The van der Waals surface area contributed by atoms with Gasteiger partial charge in [-0.05, 0) is 31.5 Å². The molecule has 0 N–H and O–H groups in total. The summed E-state index contributed by atoms with van der Waals surface area (Å²) in [5, 5.41) is 3.89. The molecule has 0 bridgehead atoms. The van der Waals surface area contributed by atoms with Gasteiger partial charge in [-0.1, -0.05) is 11.6 Å². The van der Waals surface area contributed by atoms with Crippen LogP contribution in [0.2, 0.25) is 0 Å². The SMILES string of the molecule is COC(=O)[C@H]1CCCCN1Cc1nc(-c2ccco2)no1. The largest absolute Gasteiger partial charge is 0.468 e. The van der Waals surface area contributed by atoms with Crippen LogP contribution in [0, 0.1) is 0 Å². The van der Waals surface area contributed by atoms with Crippen molar-refractivity contribution in [1.82, 2.24) is 15.0 Å². The van der Waals surface area contributed by atoms with Gasteiger partial charge in [0, 0.05) is 0 Å². The highest BCUT2D eigenvalue weighted by atomic mass is 16.5. The van der Waals surface area contributed by atoms with Crippen molar-refractivity contribution in [1.29, 1.82) is 0 Å². The van der Waals surface area contributed by atoms with Crippen molar-refractivity contribution >= 4 is 5.97 Å². The van der Waals surface area contributed by atoms with Crippen LogP contribution in [0.15, 0.2) is 27.3 Å². The molecule has 7 nitrogen and oxygen atoms in total. The molecular formula is C14H17N3O4. The first-order chi connectivity index (χ1) is 10.3. The topological polar surface area (TPSA) is 81.6 Å². The minimum atomic E-state index is -0.234. The number of nitrogens with zero attached hydrogens (tertiary/aromatic N) is 3. The third-order valence-corrected chi connectivity index (χ3v) is 3.63. The molecule has 0 aromatic carbocycles. The first kappa shape index (κ1) is 13.8. The van der Waals surface area contributed by atoms with Gasteiger partial charge in [-0.25, -0.2) is 0 Å². The smallest absolute Gasteiger partial charge is 0.323 e. The van der Waals surface area contributed by atoms with Crippen molar-refractivity contribution < 1.29 is 18.5 Å². The minimum Gasteiger partial charge on any atom is -0.468 e. The van der Waals surface area contributed by atoms with Gasteiger partial charge in [-0.15, -0.1) is 0 Å². The van der Waals surface area contributed by atoms with E-state index in [0.717, 1.165) is 25.8 Å². The Morgan fingerprint density at radius 3 is 3.19 bits per heavy atom. The zero-order chi connectivity index (χ0) is 14.7. The predicted octanol–water partition coefficient (Wildman–Crippen LogP) is 1.86. The lowest BCUT2D eigenvalue weighted by Crippen LogP contribution is -2.44. The quantitative estimate of drug-likeness (QED) is 0.795. The number of ether oxygens (including phenoxy) is 1. The van der Waals surface area contributed by atoms with E-state index in [1.54, 1.807) is 18.4 Å². The van der Waals surface area contributed by atoms with Crippen molar-refractivity contribution in [2.24, 2.45) is 0 Å². The molecule has 0 unspecified atom stereocenters. The Hall–Kier alpha value is -2.15. The summed E-state index contributed by atoms with van der Waals surface area (Å²) in [6.45, 7) is 1.26. The molecule has 0 aliphatic carbocycles. The molecule has 3 rings (SSSR count). The Balaban J connectivity index is 1.71. The van der Waals surface area contributed by atoms with Crippen LogP contribution in [-0.2, 0) is 16.1 Å². The second kappa shape index (κ2) is 6.09. The first-order valence-electron chi connectivity index (χ1n) is 6.96. The van der Waals surface area contributed by atoms with E-state index in [1.807, 2.05) is 4.90 Å². The second-order valence-electron chi connectivity index (χ2n) is 4.99. The summed E-state index contributed by atoms with van der Waals surface area (Å²) in [5.41, 5.74) is 0. The average Bonchev–Trinajstić information content (AvgIpc) is 3.18. The lowest BCUT2D eigenvalue weighted by Gasteiger charge is -2.32. The van der Waals surface area contributed by atoms with E-state index in [-0.39, 0.29) is 12.0 Å². The maximum Gasteiger partial charge on any atom is 0.323 e. The summed E-state index contributed by atoms with van der Waals surface area (Å²) >= 11 is 0. The van der Waals surface area contributed by atoms with Crippen LogP contribution < -0.4 is 0 Å². The molecule has 0 radical (unpaired) electrons. The van der Waals surface area contributed by atoms with Crippen LogP contribution in [0.5, 0.6) is 0 Å². The summed E-state index contributed by atoms with van der Waals surface area (Å²) in [7, 11) is 1.41. The zero-order valence-electron chi connectivity index (χ0n) is 11.8. The fraction of sp³-hybridized carbons (Fsp3) is 0.500. The van der Waals surface area contributed by atoms with Gasteiger partial charge in [0.25, 0.3) is 0 Å². The highest BCUT2D eigenvalue weighted by Gasteiger charge is 2.30. The fourth-order valence-corrected chi connectivity index (χ4v) is 2.58. The zero-order valence-corrected chi connectivity index (χ0v) is 11.8. The summed E-state index contributed by atoms with van der Waals surface area (Å²) in [4.78, 5) is 18.1. The number of hydrogen-bond acceptors (Lipinski definition) is 7. The molecule has 2 aromatic rings. The molecule has 1 atom stereocenters. The number of likely N-dealkylation sites (tertiary alicyclic amines) is 1. The molecule has 0 amide bonds. The molecule has 21 heavy (non-hydrogen) atoms. The Bertz CT molecular complexity index is 593. The van der Waals surface area contributed by atoms with E-state index in [1.165, 1.54) is 7.11 Å². The molecule has 1 fully saturated rings. The molecular weight excluding hydrogens is 274 g/mol. The third kappa shape index (κ3) is 2.97.